The van der Waals surface area contributed by atoms with E-state index in [1.165, 1.54) is 10.8 Å². The largest absolute Gasteiger partial charge is 0.462 e. The van der Waals surface area contributed by atoms with Crippen LogP contribution < -0.4 is 25.8 Å². The van der Waals surface area contributed by atoms with Crippen molar-refractivity contribution in [3.63, 3.8) is 0 Å². The summed E-state index contributed by atoms with van der Waals surface area (Å²) in [6.45, 7) is 3.87. The van der Waals surface area contributed by atoms with E-state index in [9.17, 15) is 14.9 Å². The number of hydrogen-bond donors (Lipinski definition) is 2. The summed E-state index contributed by atoms with van der Waals surface area (Å²) in [5, 5.41) is 12.2. The highest BCUT2D eigenvalue weighted by atomic mass is 32.1. The molecule has 0 aliphatic heterocycles. The van der Waals surface area contributed by atoms with E-state index in [2.05, 4.69) is 10.3 Å². The zero-order chi connectivity index (χ0) is 18.4. The third-order valence-electron chi connectivity index (χ3n) is 3.15. The lowest BCUT2D eigenvalue weighted by Crippen LogP contribution is -2.32. The summed E-state index contributed by atoms with van der Waals surface area (Å²) in [6.07, 6.45) is 1.48. The van der Waals surface area contributed by atoms with Crippen molar-refractivity contribution in [1.82, 2.24) is 9.55 Å². The van der Waals surface area contributed by atoms with Gasteiger partial charge in [0.1, 0.15) is 26.9 Å². The van der Waals surface area contributed by atoms with E-state index in [1.807, 2.05) is 6.07 Å². The first-order chi connectivity index (χ1) is 12.0. The number of ether oxygens (including phenoxy) is 1. The van der Waals surface area contributed by atoms with Crippen molar-refractivity contribution in [2.24, 2.45) is 0 Å². The molecule has 0 radical (unpaired) electrons. The second kappa shape index (κ2) is 8.12. The van der Waals surface area contributed by atoms with Gasteiger partial charge in [0.2, 0.25) is 0 Å². The van der Waals surface area contributed by atoms with Crippen LogP contribution in [0.5, 0.6) is 0 Å². The van der Waals surface area contributed by atoms with Crippen LogP contribution in [0.4, 0.5) is 11.6 Å². The molecule has 0 aliphatic rings. The Morgan fingerprint density at radius 2 is 2.28 bits per heavy atom. The van der Waals surface area contributed by atoms with Gasteiger partial charge in [-0.2, -0.15) is 5.26 Å². The summed E-state index contributed by atoms with van der Waals surface area (Å²) in [6, 6.07) is 6.90. The molecule has 0 saturated carbocycles. The smallest absolute Gasteiger partial charge is 0.351 e. The molecule has 9 heteroatoms. The molecule has 0 unspecified atom stereocenters. The number of pyridine rings is 1. The van der Waals surface area contributed by atoms with Crippen LogP contribution in [0, 0.1) is 11.3 Å². The second-order valence-electron chi connectivity index (χ2n) is 4.76. The van der Waals surface area contributed by atoms with Crippen molar-refractivity contribution in [2.75, 3.05) is 17.7 Å². The van der Waals surface area contributed by atoms with Crippen molar-refractivity contribution in [3.05, 3.63) is 37.7 Å². The van der Waals surface area contributed by atoms with Crippen LogP contribution in [-0.2, 0) is 16.1 Å². The molecule has 0 aromatic carbocycles. The Bertz CT molecular complexity index is 1000. The van der Waals surface area contributed by atoms with Crippen molar-refractivity contribution >= 4 is 40.7 Å². The van der Waals surface area contributed by atoms with E-state index in [-0.39, 0.29) is 22.4 Å². The number of aromatic nitrogens is 2. The predicted molar refractivity (Wildman–Crippen MR) is 95.9 cm³/mol. The minimum absolute atomic E-state index is 0.146. The monoisotopic (exact) mass is 359 g/mol. The van der Waals surface area contributed by atoms with Crippen molar-refractivity contribution in [1.29, 1.82) is 5.26 Å². The summed E-state index contributed by atoms with van der Waals surface area (Å²) in [7, 11) is 0. The summed E-state index contributed by atoms with van der Waals surface area (Å²) < 4.78 is 6.84. The zero-order valence-corrected chi connectivity index (χ0v) is 14.6. The van der Waals surface area contributed by atoms with Crippen molar-refractivity contribution in [3.8, 4) is 6.07 Å². The number of hydrogen-bond acceptors (Lipinski definition) is 8. The number of carbonyl (C=O) groups is 1. The van der Waals surface area contributed by atoms with Gasteiger partial charge in [0.15, 0.2) is 5.57 Å². The van der Waals surface area contributed by atoms with Crippen LogP contribution in [0.15, 0.2) is 23.0 Å². The maximum Gasteiger partial charge on any atom is 0.351 e. The third kappa shape index (κ3) is 4.05. The van der Waals surface area contributed by atoms with Crippen LogP contribution in [0.1, 0.15) is 13.8 Å². The van der Waals surface area contributed by atoms with E-state index >= 15 is 0 Å². The molecule has 3 N–H and O–H groups in total. The van der Waals surface area contributed by atoms with E-state index in [0.29, 0.717) is 22.7 Å². The van der Waals surface area contributed by atoms with E-state index in [1.54, 1.807) is 32.0 Å². The van der Waals surface area contributed by atoms with Gasteiger partial charge in [-0.25, -0.2) is 9.78 Å². The molecule has 0 amide bonds. The lowest BCUT2D eigenvalue weighted by molar-refractivity contribution is -0.136. The zero-order valence-electron chi connectivity index (χ0n) is 13.8. The molecule has 130 valence electrons. The molecule has 0 aliphatic carbocycles. The minimum atomic E-state index is -0.745. The van der Waals surface area contributed by atoms with Gasteiger partial charge in [0.25, 0.3) is 5.56 Å². The average molecular weight is 359 g/mol. The van der Waals surface area contributed by atoms with E-state index in [0.717, 1.165) is 11.3 Å². The Morgan fingerprint density at radius 1 is 1.52 bits per heavy atom. The molecule has 0 spiro atoms. The van der Waals surface area contributed by atoms with Gasteiger partial charge in [0, 0.05) is 12.7 Å². The predicted octanol–water partition coefficient (Wildman–Crippen LogP) is -0.00562. The molecule has 0 fully saturated rings. The number of rotatable bonds is 5. The molecular weight excluding hydrogens is 342 g/mol. The van der Waals surface area contributed by atoms with Crippen LogP contribution in [0.3, 0.4) is 0 Å². The van der Waals surface area contributed by atoms with Crippen LogP contribution in [-0.4, -0.2) is 22.1 Å². The lowest BCUT2D eigenvalue weighted by Gasteiger charge is -2.00. The number of nitrogens with one attached hydrogen (secondary N) is 1. The summed E-state index contributed by atoms with van der Waals surface area (Å²) in [5.74, 6) is 0.0800. The molecule has 25 heavy (non-hydrogen) atoms. The first kappa shape index (κ1) is 18.2. The summed E-state index contributed by atoms with van der Waals surface area (Å²) in [5.41, 5.74) is 5.11. The van der Waals surface area contributed by atoms with Crippen LogP contribution >= 0.6 is 11.3 Å². The highest BCUT2D eigenvalue weighted by Gasteiger charge is 2.16. The van der Waals surface area contributed by atoms with Gasteiger partial charge >= 0.3 is 5.97 Å². The molecule has 2 aromatic heterocycles. The number of nitrogens with zero attached hydrogens (tertiary/aromatic N) is 3. The molecule has 2 aromatic rings. The van der Waals surface area contributed by atoms with Gasteiger partial charge < -0.3 is 15.8 Å². The third-order valence-corrected chi connectivity index (χ3v) is 4.28. The number of nitrogen functional groups attached to an aromatic ring is 1. The van der Waals surface area contributed by atoms with E-state index in [4.69, 9.17) is 10.5 Å². The molecule has 0 saturated heterocycles. The fourth-order valence-corrected chi connectivity index (χ4v) is 3.12. The van der Waals surface area contributed by atoms with Crippen molar-refractivity contribution < 1.29 is 9.53 Å². The Morgan fingerprint density at radius 3 is 2.88 bits per heavy atom. The molecular formula is C16H17N5O3S. The normalized spacial score (nSPS) is 12.4. The SMILES string of the molecule is CCOC(=O)/C(C#N)=c1\s/c(=C/Nc2cccc(N)n2)c(=O)n1CC. The number of nitriles is 1. The first-order valence-electron chi connectivity index (χ1n) is 7.52. The fraction of sp³-hybridized carbons (Fsp3) is 0.250. The second-order valence-corrected chi connectivity index (χ2v) is 5.80. The number of esters is 1. The Hall–Kier alpha value is -3.12. The van der Waals surface area contributed by atoms with Crippen molar-refractivity contribution in [2.45, 2.75) is 20.4 Å². The van der Waals surface area contributed by atoms with E-state index < -0.39 is 5.97 Å². The molecule has 0 bridgehead atoms. The maximum absolute atomic E-state index is 12.5. The first-order valence-corrected chi connectivity index (χ1v) is 8.33. The molecule has 2 heterocycles. The Labute approximate surface area is 147 Å². The average Bonchev–Trinajstić information content (AvgIpc) is 2.89. The number of carbonyl (C=O) groups excluding carboxylic acids is 1. The highest BCUT2D eigenvalue weighted by molar-refractivity contribution is 7.07. The minimum Gasteiger partial charge on any atom is -0.462 e. The Balaban J connectivity index is 2.58. The summed E-state index contributed by atoms with van der Waals surface area (Å²) >= 11 is 1.03. The molecule has 2 rings (SSSR count). The summed E-state index contributed by atoms with van der Waals surface area (Å²) in [4.78, 5) is 28.5. The van der Waals surface area contributed by atoms with Crippen LogP contribution in [0.2, 0.25) is 0 Å². The number of nitrogens with two attached hydrogens (primary N) is 1. The quantitative estimate of drug-likeness (QED) is 0.720. The van der Waals surface area contributed by atoms with Gasteiger partial charge in [-0.05, 0) is 26.0 Å². The van der Waals surface area contributed by atoms with Gasteiger partial charge in [-0.3, -0.25) is 9.36 Å². The highest BCUT2D eigenvalue weighted by Crippen LogP contribution is 2.05. The Kier molecular flexibility index (Phi) is 5.92. The number of anilines is 2. The maximum atomic E-state index is 12.5. The van der Waals surface area contributed by atoms with Gasteiger partial charge in [-0.1, -0.05) is 6.07 Å². The standard InChI is InChI=1S/C16H17N5O3S/c1-3-21-14(22)11(9-19-13-7-5-6-12(18)20-13)25-15(21)10(8-17)16(23)24-4-2/h5-7,9H,3-4H2,1-2H3,(H3,18,19,20)/b11-9+,15-10-. The molecule has 8 nitrogen and oxygen atoms in total. The van der Waals surface area contributed by atoms with Gasteiger partial charge in [-0.15, -0.1) is 11.3 Å². The lowest BCUT2D eigenvalue weighted by atomic mass is 10.3. The topological polar surface area (TPSA) is 123 Å². The van der Waals surface area contributed by atoms with Crippen LogP contribution in [0.25, 0.3) is 11.8 Å². The molecule has 0 atom stereocenters. The van der Waals surface area contributed by atoms with Gasteiger partial charge in [0.05, 0.1) is 6.61 Å². The fourth-order valence-electron chi connectivity index (χ4n) is 2.05. The number of thiazole rings is 1.